The summed E-state index contributed by atoms with van der Waals surface area (Å²) in [6.07, 6.45) is 50.2. The summed E-state index contributed by atoms with van der Waals surface area (Å²) in [6.45, 7) is 4.60. The van der Waals surface area contributed by atoms with Crippen LogP contribution in [-0.4, -0.2) is 68.5 Å². The topological polar surface area (TPSA) is 108 Å². The average molecular weight is 823 g/mol. The Morgan fingerprint density at radius 1 is 0.596 bits per heavy atom. The van der Waals surface area contributed by atoms with Crippen LogP contribution in [0.4, 0.5) is 0 Å². The standard InChI is InChI=1S/C48H91N2O6P/c1-6-8-10-12-14-16-18-20-22-24-26-28-30-32-34-36-38-40-42-48(52)49-46(45-56-57(53,54)55-44-43-50(3,4)5)47(51)41-39-37-35-33-31-29-27-25-23-21-19-17-15-13-11-9-7-2/h23,25-26,28,31,33,39,41,46-47,51H,6-22,24,27,29-30,32,34-38,40,42-45H2,1-5H3,(H-,49,52,53,54)/b25-23+,28-26-,33-31+,41-39+. The first-order valence-corrected chi connectivity index (χ1v) is 25.0. The SMILES string of the molecule is CCCCCCCCC/C=C/CC/C=C/CC/C=C/C(O)C(COP(=O)([O-])OCC[N+](C)(C)C)NC(=O)CCCCCCC/C=C\CCCCCCCCCCC. The third-order valence-electron chi connectivity index (χ3n) is 10.2. The summed E-state index contributed by atoms with van der Waals surface area (Å²) in [7, 11) is 1.23. The molecule has 0 aromatic heterocycles. The van der Waals surface area contributed by atoms with E-state index in [9.17, 15) is 19.4 Å². The second kappa shape index (κ2) is 39.9. The van der Waals surface area contributed by atoms with Crippen molar-refractivity contribution in [3.8, 4) is 0 Å². The largest absolute Gasteiger partial charge is 0.756 e. The molecule has 0 saturated carbocycles. The molecule has 334 valence electrons. The van der Waals surface area contributed by atoms with Crippen molar-refractivity contribution >= 4 is 13.7 Å². The normalized spacial score (nSPS) is 14.7. The number of phosphoric acid groups is 1. The van der Waals surface area contributed by atoms with Gasteiger partial charge < -0.3 is 28.8 Å². The lowest BCUT2D eigenvalue weighted by molar-refractivity contribution is -0.870. The zero-order chi connectivity index (χ0) is 42.1. The van der Waals surface area contributed by atoms with Gasteiger partial charge in [0.2, 0.25) is 5.91 Å². The van der Waals surface area contributed by atoms with Gasteiger partial charge in [0.1, 0.15) is 13.2 Å². The number of carbonyl (C=O) groups is 1. The number of quaternary nitrogens is 1. The molecule has 0 aliphatic carbocycles. The first kappa shape index (κ1) is 55.5. The summed E-state index contributed by atoms with van der Waals surface area (Å²) >= 11 is 0. The van der Waals surface area contributed by atoms with E-state index in [1.807, 2.05) is 27.2 Å². The van der Waals surface area contributed by atoms with Crippen LogP contribution in [0.25, 0.3) is 0 Å². The fourth-order valence-electron chi connectivity index (χ4n) is 6.47. The van der Waals surface area contributed by atoms with Gasteiger partial charge in [-0.05, 0) is 70.6 Å². The highest BCUT2D eigenvalue weighted by molar-refractivity contribution is 7.45. The quantitative estimate of drug-likeness (QED) is 0.0275. The fraction of sp³-hybridized carbons (Fsp3) is 0.812. The maximum Gasteiger partial charge on any atom is 0.268 e. The van der Waals surface area contributed by atoms with Crippen LogP contribution in [-0.2, 0) is 18.4 Å². The van der Waals surface area contributed by atoms with E-state index in [4.69, 9.17) is 9.05 Å². The number of hydrogen-bond donors (Lipinski definition) is 2. The highest BCUT2D eigenvalue weighted by Crippen LogP contribution is 2.38. The minimum Gasteiger partial charge on any atom is -0.756 e. The van der Waals surface area contributed by atoms with E-state index in [1.165, 1.54) is 116 Å². The van der Waals surface area contributed by atoms with Crippen molar-refractivity contribution in [3.05, 3.63) is 48.6 Å². The van der Waals surface area contributed by atoms with Gasteiger partial charge in [-0.3, -0.25) is 9.36 Å². The number of likely N-dealkylation sites (N-methyl/N-ethyl adjacent to an activating group) is 1. The molecule has 0 aliphatic heterocycles. The van der Waals surface area contributed by atoms with Gasteiger partial charge in [0.15, 0.2) is 0 Å². The Kier molecular flexibility index (Phi) is 38.8. The molecule has 0 fully saturated rings. The van der Waals surface area contributed by atoms with Crippen molar-refractivity contribution in [1.82, 2.24) is 5.32 Å². The summed E-state index contributed by atoms with van der Waals surface area (Å²) in [4.78, 5) is 25.3. The molecule has 0 aliphatic rings. The maximum atomic E-state index is 12.9. The summed E-state index contributed by atoms with van der Waals surface area (Å²) in [5, 5.41) is 13.8. The van der Waals surface area contributed by atoms with E-state index in [2.05, 4.69) is 55.6 Å². The number of nitrogens with one attached hydrogen (secondary N) is 1. The Labute approximate surface area is 352 Å². The van der Waals surface area contributed by atoms with Crippen LogP contribution in [0.5, 0.6) is 0 Å². The predicted octanol–water partition coefficient (Wildman–Crippen LogP) is 12.6. The van der Waals surface area contributed by atoms with E-state index >= 15 is 0 Å². The lowest BCUT2D eigenvalue weighted by Crippen LogP contribution is -2.45. The number of carbonyl (C=O) groups excluding carboxylic acids is 1. The Hall–Kier alpha value is -1.54. The molecule has 0 rings (SSSR count). The number of allylic oxidation sites excluding steroid dienone is 7. The van der Waals surface area contributed by atoms with Gasteiger partial charge in [-0.1, -0.05) is 172 Å². The van der Waals surface area contributed by atoms with Crippen LogP contribution in [0.3, 0.4) is 0 Å². The third-order valence-corrected chi connectivity index (χ3v) is 11.2. The van der Waals surface area contributed by atoms with E-state index in [1.54, 1.807) is 6.08 Å². The molecule has 1 amide bonds. The first-order chi connectivity index (χ1) is 27.5. The lowest BCUT2D eigenvalue weighted by Gasteiger charge is -2.29. The van der Waals surface area contributed by atoms with Crippen LogP contribution < -0.4 is 10.2 Å². The lowest BCUT2D eigenvalue weighted by atomic mass is 10.1. The highest BCUT2D eigenvalue weighted by atomic mass is 31.2. The number of rotatable bonds is 42. The molecule has 57 heavy (non-hydrogen) atoms. The summed E-state index contributed by atoms with van der Waals surface area (Å²) < 4.78 is 23.2. The summed E-state index contributed by atoms with van der Waals surface area (Å²) in [6, 6.07) is -0.913. The third kappa shape index (κ3) is 42.4. The van der Waals surface area contributed by atoms with E-state index in [0.717, 1.165) is 64.2 Å². The molecule has 0 saturated heterocycles. The Morgan fingerprint density at radius 2 is 0.982 bits per heavy atom. The monoisotopic (exact) mass is 823 g/mol. The van der Waals surface area contributed by atoms with Gasteiger partial charge in [0.05, 0.1) is 39.9 Å². The molecular formula is C48H91N2O6P. The van der Waals surface area contributed by atoms with Crippen LogP contribution >= 0.6 is 7.82 Å². The minimum absolute atomic E-state index is 0.0114. The number of hydrogen-bond acceptors (Lipinski definition) is 6. The van der Waals surface area contributed by atoms with Crippen molar-refractivity contribution in [2.24, 2.45) is 0 Å². The van der Waals surface area contributed by atoms with Gasteiger partial charge in [0, 0.05) is 6.42 Å². The molecule has 0 spiro atoms. The van der Waals surface area contributed by atoms with Gasteiger partial charge in [0.25, 0.3) is 7.82 Å². The zero-order valence-corrected chi connectivity index (χ0v) is 38.7. The van der Waals surface area contributed by atoms with Crippen molar-refractivity contribution in [2.45, 2.75) is 212 Å². The number of phosphoric ester groups is 1. The number of amides is 1. The van der Waals surface area contributed by atoms with Crippen molar-refractivity contribution in [2.75, 3.05) is 40.9 Å². The number of nitrogens with zero attached hydrogens (tertiary/aromatic N) is 1. The van der Waals surface area contributed by atoms with Crippen LogP contribution in [0.15, 0.2) is 48.6 Å². The van der Waals surface area contributed by atoms with Crippen LogP contribution in [0.2, 0.25) is 0 Å². The molecule has 0 radical (unpaired) electrons. The molecule has 3 unspecified atom stereocenters. The van der Waals surface area contributed by atoms with Gasteiger partial charge >= 0.3 is 0 Å². The summed E-state index contributed by atoms with van der Waals surface area (Å²) in [5.74, 6) is -0.221. The van der Waals surface area contributed by atoms with E-state index in [0.29, 0.717) is 17.4 Å². The average Bonchev–Trinajstić information content (AvgIpc) is 3.16. The second-order valence-corrected chi connectivity index (χ2v) is 18.5. The molecule has 8 nitrogen and oxygen atoms in total. The molecule has 0 heterocycles. The number of aliphatic hydroxyl groups is 1. The second-order valence-electron chi connectivity index (χ2n) is 17.1. The van der Waals surface area contributed by atoms with Crippen molar-refractivity contribution in [3.63, 3.8) is 0 Å². The fourth-order valence-corrected chi connectivity index (χ4v) is 7.19. The number of aliphatic hydroxyl groups excluding tert-OH is 1. The van der Waals surface area contributed by atoms with E-state index in [-0.39, 0.29) is 12.5 Å². The van der Waals surface area contributed by atoms with Gasteiger partial charge in [-0.15, -0.1) is 0 Å². The maximum absolute atomic E-state index is 12.9. The molecule has 2 N–H and O–H groups in total. The molecule has 3 atom stereocenters. The molecule has 9 heteroatoms. The molecule has 0 aromatic rings. The molecule has 0 aromatic carbocycles. The molecule has 0 bridgehead atoms. The van der Waals surface area contributed by atoms with Gasteiger partial charge in [-0.25, -0.2) is 0 Å². The molecular weight excluding hydrogens is 732 g/mol. The van der Waals surface area contributed by atoms with E-state index < -0.39 is 26.6 Å². The van der Waals surface area contributed by atoms with Crippen LogP contribution in [0.1, 0.15) is 200 Å². The Bertz CT molecular complexity index is 1070. The minimum atomic E-state index is -4.60. The first-order valence-electron chi connectivity index (χ1n) is 23.5. The number of unbranched alkanes of at least 4 members (excludes halogenated alkanes) is 23. The zero-order valence-electron chi connectivity index (χ0n) is 37.8. The smallest absolute Gasteiger partial charge is 0.268 e. The Balaban J connectivity index is 4.48. The Morgan fingerprint density at radius 3 is 1.42 bits per heavy atom. The predicted molar refractivity (Wildman–Crippen MR) is 242 cm³/mol. The van der Waals surface area contributed by atoms with Crippen molar-refractivity contribution in [1.29, 1.82) is 0 Å². The van der Waals surface area contributed by atoms with Gasteiger partial charge in [-0.2, -0.15) is 0 Å². The summed E-state index contributed by atoms with van der Waals surface area (Å²) in [5.41, 5.74) is 0. The van der Waals surface area contributed by atoms with Crippen LogP contribution in [0, 0.1) is 0 Å². The highest BCUT2D eigenvalue weighted by Gasteiger charge is 2.23. The van der Waals surface area contributed by atoms with Crippen molar-refractivity contribution < 1.29 is 32.9 Å².